The Kier molecular flexibility index (Phi) is 4.99. The van der Waals surface area contributed by atoms with Gasteiger partial charge < -0.3 is 5.11 Å². The SMILES string of the molecule is O=C(C[C@H](C(=O)O)c1ccccc1)c1ccc(Cl)c(Cl)c1. The van der Waals surface area contributed by atoms with Crippen LogP contribution < -0.4 is 0 Å². The Balaban J connectivity index is 2.23. The van der Waals surface area contributed by atoms with Crippen LogP contribution in [-0.2, 0) is 4.79 Å². The molecule has 0 unspecified atom stereocenters. The summed E-state index contributed by atoms with van der Waals surface area (Å²) >= 11 is 11.7. The number of rotatable bonds is 5. The van der Waals surface area contributed by atoms with E-state index >= 15 is 0 Å². The molecule has 0 fully saturated rings. The third-order valence-corrected chi connectivity index (χ3v) is 3.87. The molecule has 2 aromatic rings. The zero-order valence-corrected chi connectivity index (χ0v) is 12.4. The molecule has 0 radical (unpaired) electrons. The fourth-order valence-corrected chi connectivity index (χ4v) is 2.30. The average Bonchev–Trinajstić information content (AvgIpc) is 2.48. The van der Waals surface area contributed by atoms with E-state index in [1.807, 2.05) is 0 Å². The lowest BCUT2D eigenvalue weighted by Crippen LogP contribution is -2.16. The molecule has 1 atom stereocenters. The monoisotopic (exact) mass is 322 g/mol. The summed E-state index contributed by atoms with van der Waals surface area (Å²) in [5, 5.41) is 9.95. The van der Waals surface area contributed by atoms with Crippen LogP contribution in [0.15, 0.2) is 48.5 Å². The second-order valence-corrected chi connectivity index (χ2v) is 5.37. The molecule has 0 saturated carbocycles. The molecule has 0 aliphatic heterocycles. The maximum Gasteiger partial charge on any atom is 0.311 e. The Morgan fingerprint density at radius 3 is 2.24 bits per heavy atom. The normalized spacial score (nSPS) is 11.9. The highest BCUT2D eigenvalue weighted by atomic mass is 35.5. The van der Waals surface area contributed by atoms with E-state index in [4.69, 9.17) is 23.2 Å². The maximum absolute atomic E-state index is 12.2. The lowest BCUT2D eigenvalue weighted by atomic mass is 9.92. The van der Waals surface area contributed by atoms with Gasteiger partial charge in [0.05, 0.1) is 16.0 Å². The predicted octanol–water partition coefficient (Wildman–Crippen LogP) is 4.43. The number of benzene rings is 2. The lowest BCUT2D eigenvalue weighted by Gasteiger charge is -2.12. The quantitative estimate of drug-likeness (QED) is 0.828. The molecule has 3 nitrogen and oxygen atoms in total. The zero-order valence-electron chi connectivity index (χ0n) is 10.9. The summed E-state index contributed by atoms with van der Waals surface area (Å²) in [6.45, 7) is 0. The summed E-state index contributed by atoms with van der Waals surface area (Å²) in [4.78, 5) is 23.6. The van der Waals surface area contributed by atoms with E-state index in [9.17, 15) is 14.7 Å². The van der Waals surface area contributed by atoms with E-state index in [1.165, 1.54) is 12.1 Å². The molecule has 2 aromatic carbocycles. The molecule has 5 heteroatoms. The third-order valence-electron chi connectivity index (χ3n) is 3.13. The predicted molar refractivity (Wildman–Crippen MR) is 82.2 cm³/mol. The fraction of sp³-hybridized carbons (Fsp3) is 0.125. The first-order valence-corrected chi connectivity index (χ1v) is 7.00. The molecule has 0 amide bonds. The molecule has 2 rings (SSSR count). The topological polar surface area (TPSA) is 54.4 Å². The zero-order chi connectivity index (χ0) is 15.4. The van der Waals surface area contributed by atoms with E-state index in [0.29, 0.717) is 16.1 Å². The second-order valence-electron chi connectivity index (χ2n) is 4.56. The smallest absolute Gasteiger partial charge is 0.311 e. The van der Waals surface area contributed by atoms with Gasteiger partial charge in [0.15, 0.2) is 5.78 Å². The Bertz CT molecular complexity index is 668. The molecular formula is C16H12Cl2O3. The second kappa shape index (κ2) is 6.74. The van der Waals surface area contributed by atoms with E-state index in [1.54, 1.807) is 36.4 Å². The molecule has 1 N–H and O–H groups in total. The van der Waals surface area contributed by atoms with Crippen LogP contribution in [0.25, 0.3) is 0 Å². The molecule has 0 spiro atoms. The summed E-state index contributed by atoms with van der Waals surface area (Å²) in [5.41, 5.74) is 0.949. The number of halogens is 2. The molecule has 0 bridgehead atoms. The van der Waals surface area contributed by atoms with Crippen molar-refractivity contribution in [3.05, 3.63) is 69.7 Å². The van der Waals surface area contributed by atoms with E-state index in [-0.39, 0.29) is 17.2 Å². The minimum atomic E-state index is -1.03. The van der Waals surface area contributed by atoms with Gasteiger partial charge in [0, 0.05) is 12.0 Å². The summed E-state index contributed by atoms with van der Waals surface area (Å²) in [5.74, 6) is -2.20. The molecule has 21 heavy (non-hydrogen) atoms. The minimum absolute atomic E-state index is 0.128. The van der Waals surface area contributed by atoms with Crippen LogP contribution in [0.2, 0.25) is 10.0 Å². The highest BCUT2D eigenvalue weighted by molar-refractivity contribution is 6.42. The molecule has 108 valence electrons. The number of hydrogen-bond acceptors (Lipinski definition) is 2. The number of aliphatic carboxylic acids is 1. The number of carboxylic acids is 1. The molecule has 0 aliphatic rings. The van der Waals surface area contributed by atoms with Crippen LogP contribution in [0.1, 0.15) is 28.3 Å². The maximum atomic E-state index is 12.2. The first kappa shape index (κ1) is 15.5. The molecule has 0 aliphatic carbocycles. The van der Waals surface area contributed by atoms with Crippen molar-refractivity contribution in [2.45, 2.75) is 12.3 Å². The van der Waals surface area contributed by atoms with Gasteiger partial charge in [-0.1, -0.05) is 53.5 Å². The highest BCUT2D eigenvalue weighted by Gasteiger charge is 2.24. The first-order chi connectivity index (χ1) is 9.99. The van der Waals surface area contributed by atoms with Gasteiger partial charge in [0.1, 0.15) is 0 Å². The molecule has 0 aromatic heterocycles. The average molecular weight is 323 g/mol. The summed E-state index contributed by atoms with van der Waals surface area (Å²) in [6, 6.07) is 13.2. The van der Waals surface area contributed by atoms with Gasteiger partial charge in [-0.15, -0.1) is 0 Å². The number of hydrogen-bond donors (Lipinski definition) is 1. The van der Waals surface area contributed by atoms with Crippen molar-refractivity contribution in [2.24, 2.45) is 0 Å². The summed E-state index contributed by atoms with van der Waals surface area (Å²) < 4.78 is 0. The number of carbonyl (C=O) groups is 2. The van der Waals surface area contributed by atoms with Crippen molar-refractivity contribution in [1.29, 1.82) is 0 Å². The molecule has 0 saturated heterocycles. The minimum Gasteiger partial charge on any atom is -0.481 e. The molecule has 0 heterocycles. The number of Topliss-reactive ketones (excluding diaryl/α,β-unsaturated/α-hetero) is 1. The van der Waals surface area contributed by atoms with Gasteiger partial charge in [-0.2, -0.15) is 0 Å². The van der Waals surface area contributed by atoms with Crippen LogP contribution >= 0.6 is 23.2 Å². The van der Waals surface area contributed by atoms with E-state index < -0.39 is 11.9 Å². The van der Waals surface area contributed by atoms with E-state index in [2.05, 4.69) is 0 Å². The van der Waals surface area contributed by atoms with Crippen LogP contribution in [-0.4, -0.2) is 16.9 Å². The van der Waals surface area contributed by atoms with Crippen molar-refractivity contribution in [1.82, 2.24) is 0 Å². The van der Waals surface area contributed by atoms with Crippen molar-refractivity contribution >= 4 is 35.0 Å². The van der Waals surface area contributed by atoms with Crippen LogP contribution in [0, 0.1) is 0 Å². The Labute approximate surface area is 132 Å². The van der Waals surface area contributed by atoms with Gasteiger partial charge in [-0.3, -0.25) is 9.59 Å². The Hall–Kier alpha value is -1.84. The fourth-order valence-electron chi connectivity index (χ4n) is 2.01. The Morgan fingerprint density at radius 2 is 1.67 bits per heavy atom. The molecular weight excluding hydrogens is 311 g/mol. The van der Waals surface area contributed by atoms with Gasteiger partial charge in [-0.25, -0.2) is 0 Å². The summed E-state index contributed by atoms with van der Waals surface area (Å²) in [7, 11) is 0. The van der Waals surface area contributed by atoms with Gasteiger partial charge in [0.2, 0.25) is 0 Å². The number of carboxylic acid groups (broad SMARTS) is 1. The highest BCUT2D eigenvalue weighted by Crippen LogP contribution is 2.26. The third kappa shape index (κ3) is 3.84. The van der Waals surface area contributed by atoms with E-state index in [0.717, 1.165) is 0 Å². The van der Waals surface area contributed by atoms with Gasteiger partial charge in [0.25, 0.3) is 0 Å². The summed E-state index contributed by atoms with van der Waals surface area (Å²) in [6.07, 6.45) is -0.128. The number of carbonyl (C=O) groups excluding carboxylic acids is 1. The Morgan fingerprint density at radius 1 is 1.00 bits per heavy atom. The van der Waals surface area contributed by atoms with Crippen LogP contribution in [0.4, 0.5) is 0 Å². The van der Waals surface area contributed by atoms with Gasteiger partial charge in [-0.05, 0) is 23.8 Å². The standard InChI is InChI=1S/C16H12Cl2O3/c17-13-7-6-11(8-14(13)18)15(19)9-12(16(20)21)10-4-2-1-3-5-10/h1-8,12H,9H2,(H,20,21)/t12-/m0/s1. The lowest BCUT2D eigenvalue weighted by molar-refractivity contribution is -0.138. The van der Waals surface area contributed by atoms with Crippen LogP contribution in [0.5, 0.6) is 0 Å². The van der Waals surface area contributed by atoms with Crippen LogP contribution in [0.3, 0.4) is 0 Å². The van der Waals surface area contributed by atoms with Crippen molar-refractivity contribution in [2.75, 3.05) is 0 Å². The number of ketones is 1. The van der Waals surface area contributed by atoms with Gasteiger partial charge >= 0.3 is 5.97 Å². The van der Waals surface area contributed by atoms with Crippen molar-refractivity contribution < 1.29 is 14.7 Å². The van der Waals surface area contributed by atoms with Crippen molar-refractivity contribution in [3.8, 4) is 0 Å². The largest absolute Gasteiger partial charge is 0.481 e. The first-order valence-electron chi connectivity index (χ1n) is 6.25. The van der Waals surface area contributed by atoms with Crippen molar-refractivity contribution in [3.63, 3.8) is 0 Å².